The standard InChI is InChI=1S/C8H11N3O3.ClH/c12-6-7(13)11(8(14)10-6)5-1-3-9-4-2-5;/h5,9H,1-4H2,(H,10,12,14);1H. The summed E-state index contributed by atoms with van der Waals surface area (Å²) in [6, 6.07) is -0.706. The van der Waals surface area contributed by atoms with Crippen LogP contribution in [0.4, 0.5) is 4.79 Å². The van der Waals surface area contributed by atoms with Crippen LogP contribution in [0.1, 0.15) is 12.8 Å². The Bertz CT molecular complexity index is 302. The van der Waals surface area contributed by atoms with E-state index in [1.165, 1.54) is 0 Å². The smallest absolute Gasteiger partial charge is 0.317 e. The number of halogens is 1. The summed E-state index contributed by atoms with van der Waals surface area (Å²) >= 11 is 0. The molecule has 84 valence electrons. The van der Waals surface area contributed by atoms with E-state index in [1.54, 1.807) is 0 Å². The van der Waals surface area contributed by atoms with Crippen molar-refractivity contribution in [2.24, 2.45) is 0 Å². The van der Waals surface area contributed by atoms with Crippen LogP contribution in [0.5, 0.6) is 0 Å². The van der Waals surface area contributed by atoms with Gasteiger partial charge in [-0.05, 0) is 25.9 Å². The van der Waals surface area contributed by atoms with Gasteiger partial charge in [0.25, 0.3) is 0 Å². The van der Waals surface area contributed by atoms with Gasteiger partial charge in [0.15, 0.2) is 0 Å². The van der Waals surface area contributed by atoms with Crippen molar-refractivity contribution in [3.05, 3.63) is 0 Å². The van der Waals surface area contributed by atoms with E-state index >= 15 is 0 Å². The molecule has 2 saturated heterocycles. The van der Waals surface area contributed by atoms with Crippen molar-refractivity contribution in [2.75, 3.05) is 13.1 Å². The van der Waals surface area contributed by atoms with Crippen molar-refractivity contribution in [3.63, 3.8) is 0 Å². The number of amides is 4. The third kappa shape index (κ3) is 2.10. The van der Waals surface area contributed by atoms with E-state index in [-0.39, 0.29) is 18.4 Å². The van der Waals surface area contributed by atoms with Gasteiger partial charge in [0, 0.05) is 6.04 Å². The highest BCUT2D eigenvalue weighted by Crippen LogP contribution is 2.15. The number of nitrogens with zero attached hydrogens (tertiary/aromatic N) is 1. The fourth-order valence-electron chi connectivity index (χ4n) is 1.81. The zero-order valence-electron chi connectivity index (χ0n) is 7.99. The lowest BCUT2D eigenvalue weighted by atomic mass is 10.1. The zero-order chi connectivity index (χ0) is 10.1. The van der Waals surface area contributed by atoms with Crippen LogP contribution in [0.25, 0.3) is 0 Å². The molecule has 2 aliphatic rings. The largest absolute Gasteiger partial charge is 0.331 e. The van der Waals surface area contributed by atoms with Gasteiger partial charge in [0.1, 0.15) is 0 Å². The van der Waals surface area contributed by atoms with Crippen LogP contribution < -0.4 is 10.6 Å². The number of hydrogen-bond acceptors (Lipinski definition) is 4. The molecule has 2 aliphatic heterocycles. The summed E-state index contributed by atoms with van der Waals surface area (Å²) in [5.41, 5.74) is 0. The SMILES string of the molecule is Cl.O=C1NC(=O)N(C2CCNCC2)C1=O. The van der Waals surface area contributed by atoms with Crippen molar-refractivity contribution in [1.82, 2.24) is 15.5 Å². The second-order valence-corrected chi connectivity index (χ2v) is 3.42. The highest BCUT2D eigenvalue weighted by molar-refractivity contribution is 6.44. The summed E-state index contributed by atoms with van der Waals surface area (Å²) in [5, 5.41) is 5.12. The molecule has 0 aromatic heterocycles. The first kappa shape index (κ1) is 11.9. The zero-order valence-corrected chi connectivity index (χ0v) is 8.80. The lowest BCUT2D eigenvalue weighted by Crippen LogP contribution is -2.46. The predicted octanol–water partition coefficient (Wildman–Crippen LogP) is -0.761. The molecule has 0 saturated carbocycles. The van der Waals surface area contributed by atoms with Crippen LogP contribution in [0.15, 0.2) is 0 Å². The lowest BCUT2D eigenvalue weighted by molar-refractivity contribution is -0.141. The maximum Gasteiger partial charge on any atom is 0.331 e. The van der Waals surface area contributed by atoms with Crippen molar-refractivity contribution >= 4 is 30.3 Å². The first-order valence-electron chi connectivity index (χ1n) is 4.59. The average Bonchev–Trinajstić information content (AvgIpc) is 2.43. The van der Waals surface area contributed by atoms with E-state index in [2.05, 4.69) is 5.32 Å². The molecular formula is C8H12ClN3O3. The van der Waals surface area contributed by atoms with Gasteiger partial charge in [-0.1, -0.05) is 0 Å². The topological polar surface area (TPSA) is 78.5 Å². The number of piperidine rings is 1. The molecule has 0 bridgehead atoms. The third-order valence-corrected chi connectivity index (χ3v) is 2.53. The molecule has 0 radical (unpaired) electrons. The minimum absolute atomic E-state index is 0. The lowest BCUT2D eigenvalue weighted by Gasteiger charge is -2.28. The fraction of sp³-hybridized carbons (Fsp3) is 0.625. The van der Waals surface area contributed by atoms with Crippen molar-refractivity contribution < 1.29 is 14.4 Å². The first-order chi connectivity index (χ1) is 6.70. The van der Waals surface area contributed by atoms with Gasteiger partial charge >= 0.3 is 17.8 Å². The second kappa shape index (κ2) is 4.59. The number of nitrogens with one attached hydrogen (secondary N) is 2. The Labute approximate surface area is 92.8 Å². The van der Waals surface area contributed by atoms with E-state index in [0.717, 1.165) is 18.0 Å². The molecule has 7 heteroatoms. The van der Waals surface area contributed by atoms with E-state index in [1.807, 2.05) is 5.32 Å². The molecular weight excluding hydrogens is 222 g/mol. The Hall–Kier alpha value is -1.14. The number of urea groups is 1. The Morgan fingerprint density at radius 2 is 1.73 bits per heavy atom. The number of rotatable bonds is 1. The van der Waals surface area contributed by atoms with E-state index < -0.39 is 17.8 Å². The maximum absolute atomic E-state index is 11.3. The third-order valence-electron chi connectivity index (χ3n) is 2.53. The minimum Gasteiger partial charge on any atom is -0.317 e. The van der Waals surface area contributed by atoms with E-state index in [9.17, 15) is 14.4 Å². The first-order valence-corrected chi connectivity index (χ1v) is 4.59. The van der Waals surface area contributed by atoms with Crippen molar-refractivity contribution in [1.29, 1.82) is 0 Å². The monoisotopic (exact) mass is 233 g/mol. The Morgan fingerprint density at radius 1 is 1.13 bits per heavy atom. The number of carbonyl (C=O) groups excluding carboxylic acids is 3. The van der Waals surface area contributed by atoms with Crippen LogP contribution in [0.3, 0.4) is 0 Å². The summed E-state index contributed by atoms with van der Waals surface area (Å²) in [4.78, 5) is 34.5. The molecule has 0 atom stereocenters. The second-order valence-electron chi connectivity index (χ2n) is 3.42. The molecule has 0 aliphatic carbocycles. The molecule has 0 spiro atoms. The Balaban J connectivity index is 0.00000112. The molecule has 2 N–H and O–H groups in total. The average molecular weight is 234 g/mol. The van der Waals surface area contributed by atoms with Gasteiger partial charge in [0.2, 0.25) is 0 Å². The highest BCUT2D eigenvalue weighted by atomic mass is 35.5. The summed E-state index contributed by atoms with van der Waals surface area (Å²) in [6.07, 6.45) is 1.43. The maximum atomic E-state index is 11.3. The molecule has 0 aromatic rings. The predicted molar refractivity (Wildman–Crippen MR) is 53.5 cm³/mol. The molecule has 2 fully saturated rings. The summed E-state index contributed by atoms with van der Waals surface area (Å²) < 4.78 is 0. The molecule has 2 rings (SSSR count). The fourth-order valence-corrected chi connectivity index (χ4v) is 1.81. The van der Waals surface area contributed by atoms with Gasteiger partial charge < -0.3 is 5.32 Å². The molecule has 6 nitrogen and oxygen atoms in total. The number of hydrogen-bond donors (Lipinski definition) is 2. The van der Waals surface area contributed by atoms with Crippen LogP contribution in [0, 0.1) is 0 Å². The van der Waals surface area contributed by atoms with E-state index in [0.29, 0.717) is 12.8 Å². The van der Waals surface area contributed by atoms with Crippen molar-refractivity contribution in [3.8, 4) is 0 Å². The molecule has 15 heavy (non-hydrogen) atoms. The van der Waals surface area contributed by atoms with Crippen LogP contribution in [0.2, 0.25) is 0 Å². The van der Waals surface area contributed by atoms with Gasteiger partial charge in [-0.2, -0.15) is 0 Å². The van der Waals surface area contributed by atoms with Gasteiger partial charge in [-0.25, -0.2) is 4.79 Å². The minimum atomic E-state index is -0.812. The molecule has 4 amide bonds. The van der Waals surface area contributed by atoms with Crippen LogP contribution in [-0.4, -0.2) is 41.9 Å². The Kier molecular flexibility index (Phi) is 3.65. The van der Waals surface area contributed by atoms with Crippen molar-refractivity contribution in [2.45, 2.75) is 18.9 Å². The van der Waals surface area contributed by atoms with E-state index in [4.69, 9.17) is 0 Å². The summed E-state index contributed by atoms with van der Waals surface area (Å²) in [7, 11) is 0. The summed E-state index contributed by atoms with van der Waals surface area (Å²) in [5.74, 6) is -1.53. The number of imide groups is 2. The number of carbonyl (C=O) groups is 3. The van der Waals surface area contributed by atoms with Gasteiger partial charge in [-0.15, -0.1) is 12.4 Å². The van der Waals surface area contributed by atoms with Crippen LogP contribution >= 0.6 is 12.4 Å². The molecule has 0 aromatic carbocycles. The Morgan fingerprint density at radius 3 is 2.20 bits per heavy atom. The van der Waals surface area contributed by atoms with Gasteiger partial charge in [0.05, 0.1) is 0 Å². The van der Waals surface area contributed by atoms with Gasteiger partial charge in [-0.3, -0.25) is 19.8 Å². The molecule has 0 unspecified atom stereocenters. The summed E-state index contributed by atoms with van der Waals surface area (Å²) in [6.45, 7) is 1.55. The molecule has 2 heterocycles. The highest BCUT2D eigenvalue weighted by Gasteiger charge is 2.41. The quantitative estimate of drug-likeness (QED) is 0.461. The van der Waals surface area contributed by atoms with Crippen LogP contribution in [-0.2, 0) is 9.59 Å². The normalized spacial score (nSPS) is 22.7.